The molecule has 0 radical (unpaired) electrons. The monoisotopic (exact) mass is 329 g/mol. The lowest BCUT2D eigenvalue weighted by Gasteiger charge is -2.22. The van der Waals surface area contributed by atoms with Crippen LogP contribution in [0.5, 0.6) is 6.01 Å². The van der Waals surface area contributed by atoms with Crippen LogP contribution < -0.4 is 4.74 Å². The lowest BCUT2D eigenvalue weighted by Crippen LogP contribution is -2.20. The summed E-state index contributed by atoms with van der Waals surface area (Å²) in [5.74, 6) is 0.747. The molecule has 0 aliphatic carbocycles. The summed E-state index contributed by atoms with van der Waals surface area (Å²) in [6.07, 6.45) is 1.41. The van der Waals surface area contributed by atoms with Gasteiger partial charge in [-0.1, -0.05) is 57.5 Å². The SMILES string of the molecule is COc1nc(-c2ccc(C)cc2)n(C(=O)CC(C)CC(C)(C)C)n1. The summed E-state index contributed by atoms with van der Waals surface area (Å²) in [5, 5.41) is 4.21. The minimum Gasteiger partial charge on any atom is -0.466 e. The minimum absolute atomic E-state index is 0.0573. The normalized spacial score (nSPS) is 12.9. The smallest absolute Gasteiger partial charge is 0.336 e. The van der Waals surface area contributed by atoms with Gasteiger partial charge in [-0.05, 0) is 24.7 Å². The number of carbonyl (C=O) groups is 1. The Kier molecular flexibility index (Phi) is 5.42. The highest BCUT2D eigenvalue weighted by Crippen LogP contribution is 2.27. The molecule has 0 N–H and O–H groups in total. The van der Waals surface area contributed by atoms with Crippen LogP contribution in [0.2, 0.25) is 0 Å². The molecular formula is C19H27N3O2. The summed E-state index contributed by atoms with van der Waals surface area (Å²) in [6.45, 7) is 10.7. The molecule has 0 fully saturated rings. The number of hydrogen-bond donors (Lipinski definition) is 0. The third kappa shape index (κ3) is 4.66. The zero-order valence-corrected chi connectivity index (χ0v) is 15.5. The topological polar surface area (TPSA) is 57.0 Å². The van der Waals surface area contributed by atoms with Crippen LogP contribution in [-0.4, -0.2) is 27.8 Å². The molecule has 1 atom stereocenters. The Hall–Kier alpha value is -2.17. The molecular weight excluding hydrogens is 302 g/mol. The molecule has 1 heterocycles. The van der Waals surface area contributed by atoms with Crippen molar-refractivity contribution in [3.8, 4) is 17.4 Å². The molecule has 0 bridgehead atoms. The van der Waals surface area contributed by atoms with Gasteiger partial charge in [0.05, 0.1) is 7.11 Å². The summed E-state index contributed by atoms with van der Waals surface area (Å²) in [7, 11) is 1.51. The average molecular weight is 329 g/mol. The summed E-state index contributed by atoms with van der Waals surface area (Å²) in [5.41, 5.74) is 2.20. The van der Waals surface area contributed by atoms with Gasteiger partial charge in [-0.15, -0.1) is 5.10 Å². The van der Waals surface area contributed by atoms with Gasteiger partial charge in [0.1, 0.15) is 0 Å². The lowest BCUT2D eigenvalue weighted by atomic mass is 9.84. The number of hydrogen-bond acceptors (Lipinski definition) is 4. The molecule has 0 amide bonds. The maximum Gasteiger partial charge on any atom is 0.336 e. The molecule has 1 aromatic carbocycles. The van der Waals surface area contributed by atoms with Gasteiger partial charge >= 0.3 is 6.01 Å². The van der Waals surface area contributed by atoms with Crippen molar-refractivity contribution in [3.05, 3.63) is 29.8 Å². The fourth-order valence-electron chi connectivity index (χ4n) is 2.95. The number of rotatable bonds is 5. The quantitative estimate of drug-likeness (QED) is 0.817. The summed E-state index contributed by atoms with van der Waals surface area (Å²) < 4.78 is 6.50. The number of methoxy groups -OCH3 is 1. The summed E-state index contributed by atoms with van der Waals surface area (Å²) >= 11 is 0. The first-order valence-corrected chi connectivity index (χ1v) is 8.31. The second kappa shape index (κ2) is 7.16. The van der Waals surface area contributed by atoms with Gasteiger partial charge < -0.3 is 4.74 Å². The molecule has 2 aromatic rings. The molecule has 5 nitrogen and oxygen atoms in total. The van der Waals surface area contributed by atoms with Crippen molar-refractivity contribution in [2.45, 2.75) is 47.5 Å². The zero-order chi connectivity index (χ0) is 17.9. The maximum atomic E-state index is 12.7. The van der Waals surface area contributed by atoms with Gasteiger partial charge in [0.25, 0.3) is 0 Å². The van der Waals surface area contributed by atoms with E-state index >= 15 is 0 Å². The summed E-state index contributed by atoms with van der Waals surface area (Å²) in [6, 6.07) is 8.09. The van der Waals surface area contributed by atoms with Crippen LogP contribution in [-0.2, 0) is 0 Å². The molecule has 2 rings (SSSR count). The fraction of sp³-hybridized carbons (Fsp3) is 0.526. The molecule has 0 spiro atoms. The number of ether oxygens (including phenoxy) is 1. The van der Waals surface area contributed by atoms with Crippen LogP contribution in [0.4, 0.5) is 0 Å². The van der Waals surface area contributed by atoms with E-state index in [-0.39, 0.29) is 23.3 Å². The van der Waals surface area contributed by atoms with E-state index in [0.717, 1.165) is 17.5 Å². The van der Waals surface area contributed by atoms with Gasteiger partial charge in [-0.25, -0.2) is 0 Å². The maximum absolute atomic E-state index is 12.7. The third-order valence-corrected chi connectivity index (χ3v) is 3.80. The van der Waals surface area contributed by atoms with Crippen molar-refractivity contribution in [1.29, 1.82) is 0 Å². The van der Waals surface area contributed by atoms with Crippen LogP contribution in [0.15, 0.2) is 24.3 Å². The zero-order valence-electron chi connectivity index (χ0n) is 15.5. The first-order valence-electron chi connectivity index (χ1n) is 8.31. The molecule has 0 saturated heterocycles. The van der Waals surface area contributed by atoms with Crippen molar-refractivity contribution in [2.75, 3.05) is 7.11 Å². The highest BCUT2D eigenvalue weighted by Gasteiger charge is 2.22. The van der Waals surface area contributed by atoms with E-state index in [4.69, 9.17) is 4.74 Å². The van der Waals surface area contributed by atoms with Gasteiger partial charge in [0.2, 0.25) is 5.91 Å². The van der Waals surface area contributed by atoms with Crippen molar-refractivity contribution >= 4 is 5.91 Å². The van der Waals surface area contributed by atoms with Crippen LogP contribution in [0.1, 0.15) is 50.9 Å². The van der Waals surface area contributed by atoms with Crippen LogP contribution >= 0.6 is 0 Å². The summed E-state index contributed by atoms with van der Waals surface area (Å²) in [4.78, 5) is 17.1. The standard InChI is InChI=1S/C19H27N3O2/c1-13-7-9-15(10-8-13)17-20-18(24-6)21-22(17)16(23)11-14(2)12-19(3,4)5/h7-10,14H,11-12H2,1-6H3. The van der Waals surface area contributed by atoms with Crippen LogP contribution in [0.3, 0.4) is 0 Å². The van der Waals surface area contributed by atoms with Crippen molar-refractivity contribution in [3.63, 3.8) is 0 Å². The minimum atomic E-state index is -0.0573. The fourth-order valence-corrected chi connectivity index (χ4v) is 2.95. The van der Waals surface area contributed by atoms with Gasteiger partial charge in [0.15, 0.2) is 5.82 Å². The van der Waals surface area contributed by atoms with Gasteiger partial charge in [-0.3, -0.25) is 4.79 Å². The second-order valence-corrected chi connectivity index (χ2v) is 7.67. The molecule has 0 aliphatic rings. The third-order valence-electron chi connectivity index (χ3n) is 3.80. The van der Waals surface area contributed by atoms with Gasteiger partial charge in [-0.2, -0.15) is 9.67 Å². The Balaban J connectivity index is 2.27. The van der Waals surface area contributed by atoms with Crippen molar-refractivity contribution in [1.82, 2.24) is 14.8 Å². The van der Waals surface area contributed by atoms with E-state index in [0.29, 0.717) is 12.2 Å². The first-order chi connectivity index (χ1) is 11.2. The second-order valence-electron chi connectivity index (χ2n) is 7.67. The Morgan fingerprint density at radius 2 is 1.88 bits per heavy atom. The Bertz CT molecular complexity index is 696. The number of benzene rings is 1. The van der Waals surface area contributed by atoms with E-state index in [1.54, 1.807) is 0 Å². The molecule has 130 valence electrons. The van der Waals surface area contributed by atoms with Crippen LogP contribution in [0, 0.1) is 18.3 Å². The Labute approximate surface area is 144 Å². The molecule has 0 aliphatic heterocycles. The highest BCUT2D eigenvalue weighted by atomic mass is 16.5. The van der Waals surface area contributed by atoms with E-state index in [2.05, 4.69) is 37.8 Å². The molecule has 5 heteroatoms. The Morgan fingerprint density at radius 3 is 2.42 bits per heavy atom. The number of nitrogens with zero attached hydrogens (tertiary/aromatic N) is 3. The lowest BCUT2D eigenvalue weighted by molar-refractivity contribution is 0.0856. The van der Waals surface area contributed by atoms with E-state index in [1.807, 2.05) is 31.2 Å². The number of aryl methyl sites for hydroxylation is 1. The Morgan fingerprint density at radius 1 is 1.25 bits per heavy atom. The average Bonchev–Trinajstić information content (AvgIpc) is 2.90. The molecule has 1 unspecified atom stereocenters. The largest absolute Gasteiger partial charge is 0.466 e. The van der Waals surface area contributed by atoms with E-state index in [1.165, 1.54) is 11.8 Å². The van der Waals surface area contributed by atoms with Gasteiger partial charge in [0, 0.05) is 12.0 Å². The predicted octanol–water partition coefficient (Wildman–Crippen LogP) is 4.36. The number of aromatic nitrogens is 3. The van der Waals surface area contributed by atoms with E-state index in [9.17, 15) is 4.79 Å². The predicted molar refractivity (Wildman–Crippen MR) is 95.2 cm³/mol. The molecule has 0 saturated carbocycles. The molecule has 24 heavy (non-hydrogen) atoms. The van der Waals surface area contributed by atoms with Crippen molar-refractivity contribution < 1.29 is 9.53 Å². The van der Waals surface area contributed by atoms with E-state index < -0.39 is 0 Å². The first kappa shape index (κ1) is 18.2. The molecule has 1 aromatic heterocycles. The van der Waals surface area contributed by atoms with Crippen LogP contribution in [0.25, 0.3) is 11.4 Å². The number of carbonyl (C=O) groups excluding carboxylic acids is 1. The highest BCUT2D eigenvalue weighted by molar-refractivity contribution is 5.82. The van der Waals surface area contributed by atoms with Crippen molar-refractivity contribution in [2.24, 2.45) is 11.3 Å².